The molecule has 1 spiro atoms. The van der Waals surface area contributed by atoms with Crippen LogP contribution in [-0.2, 0) is 14.2 Å². The van der Waals surface area contributed by atoms with E-state index in [2.05, 4.69) is 11.1 Å². The van der Waals surface area contributed by atoms with Gasteiger partial charge in [0.1, 0.15) is 0 Å². The number of hydrogen-bond acceptors (Lipinski definition) is 6. The fraction of sp³-hybridized carbons (Fsp3) is 0.500. The summed E-state index contributed by atoms with van der Waals surface area (Å²) in [6.07, 6.45) is 4.35. The maximum absolute atomic E-state index is 11.9. The van der Waals surface area contributed by atoms with Crippen molar-refractivity contribution in [2.75, 3.05) is 25.6 Å². The van der Waals surface area contributed by atoms with E-state index in [1.54, 1.807) is 13.0 Å². The van der Waals surface area contributed by atoms with Gasteiger partial charge in [0.15, 0.2) is 11.5 Å². The van der Waals surface area contributed by atoms with Gasteiger partial charge in [0, 0.05) is 12.8 Å². The summed E-state index contributed by atoms with van der Waals surface area (Å²) < 4.78 is 16.4. The van der Waals surface area contributed by atoms with E-state index < -0.39 is 11.8 Å². The number of pyridine rings is 1. The Morgan fingerprint density at radius 3 is 2.82 bits per heavy atom. The minimum absolute atomic E-state index is 0.175. The largest absolute Gasteiger partial charge is 0.461 e. The van der Waals surface area contributed by atoms with Crippen molar-refractivity contribution in [2.24, 2.45) is 0 Å². The SMILES string of the molecule is CCOC(=O)c1nc(C2=CCC3(CC2)OCCO3)ccc1N. The normalized spacial score (nSPS) is 20.0. The standard InChI is InChI=1S/C16H20N2O4/c1-2-20-15(19)14-12(17)3-4-13(18-14)11-5-7-16(8-6-11)21-9-10-22-16/h3-5H,2,6-10,17H2,1H3. The van der Waals surface area contributed by atoms with Crippen LogP contribution in [0, 0.1) is 0 Å². The number of nitrogens with zero attached hydrogens (tertiary/aromatic N) is 1. The van der Waals surface area contributed by atoms with Crippen LogP contribution in [-0.4, -0.2) is 36.6 Å². The molecule has 1 aromatic rings. The van der Waals surface area contributed by atoms with Crippen molar-refractivity contribution in [3.8, 4) is 0 Å². The number of carbonyl (C=O) groups is 1. The van der Waals surface area contributed by atoms with Gasteiger partial charge < -0.3 is 19.9 Å². The molecule has 22 heavy (non-hydrogen) atoms. The predicted molar refractivity (Wildman–Crippen MR) is 81.1 cm³/mol. The van der Waals surface area contributed by atoms with Gasteiger partial charge in [-0.05, 0) is 31.1 Å². The highest BCUT2D eigenvalue weighted by atomic mass is 16.7. The molecule has 1 saturated heterocycles. The third kappa shape index (κ3) is 2.84. The van der Waals surface area contributed by atoms with Gasteiger partial charge in [-0.2, -0.15) is 0 Å². The van der Waals surface area contributed by atoms with Crippen molar-refractivity contribution in [2.45, 2.75) is 32.0 Å². The lowest BCUT2D eigenvalue weighted by Gasteiger charge is -2.30. The van der Waals surface area contributed by atoms with Crippen molar-refractivity contribution < 1.29 is 19.0 Å². The Bertz CT molecular complexity index is 606. The van der Waals surface area contributed by atoms with Crippen LogP contribution < -0.4 is 5.73 Å². The summed E-state index contributed by atoms with van der Waals surface area (Å²) in [7, 11) is 0. The van der Waals surface area contributed by atoms with Gasteiger partial charge in [-0.15, -0.1) is 0 Å². The second-order valence-corrected chi connectivity index (χ2v) is 5.40. The molecule has 0 saturated carbocycles. The smallest absolute Gasteiger partial charge is 0.359 e. The molecule has 1 aromatic heterocycles. The summed E-state index contributed by atoms with van der Waals surface area (Å²) in [4.78, 5) is 16.3. The Morgan fingerprint density at radius 2 is 2.18 bits per heavy atom. The third-order valence-corrected chi connectivity index (χ3v) is 3.97. The highest BCUT2D eigenvalue weighted by Gasteiger charge is 2.37. The Hall–Kier alpha value is -1.92. The van der Waals surface area contributed by atoms with Crippen molar-refractivity contribution in [3.05, 3.63) is 29.6 Å². The fourth-order valence-corrected chi connectivity index (χ4v) is 2.81. The molecule has 6 nitrogen and oxygen atoms in total. The molecule has 0 unspecified atom stereocenters. The van der Waals surface area contributed by atoms with Crippen LogP contribution in [0.1, 0.15) is 42.4 Å². The van der Waals surface area contributed by atoms with E-state index in [4.69, 9.17) is 19.9 Å². The number of carbonyl (C=O) groups excluding carboxylic acids is 1. The zero-order valence-electron chi connectivity index (χ0n) is 12.6. The molecule has 6 heteroatoms. The molecule has 0 aromatic carbocycles. The number of nitrogen functional groups attached to an aromatic ring is 1. The van der Waals surface area contributed by atoms with Gasteiger partial charge in [0.25, 0.3) is 0 Å². The molecule has 2 heterocycles. The number of anilines is 1. The zero-order valence-corrected chi connectivity index (χ0v) is 12.6. The maximum Gasteiger partial charge on any atom is 0.359 e. The molecule has 1 fully saturated rings. The molecule has 2 N–H and O–H groups in total. The van der Waals surface area contributed by atoms with E-state index in [1.165, 1.54) is 0 Å². The quantitative estimate of drug-likeness (QED) is 0.861. The average Bonchev–Trinajstić information content (AvgIpc) is 2.97. The number of aromatic nitrogens is 1. The van der Waals surface area contributed by atoms with E-state index in [0.29, 0.717) is 31.9 Å². The van der Waals surface area contributed by atoms with Crippen molar-refractivity contribution in [3.63, 3.8) is 0 Å². The van der Waals surface area contributed by atoms with Crippen LogP contribution in [0.5, 0.6) is 0 Å². The van der Waals surface area contributed by atoms with Crippen molar-refractivity contribution >= 4 is 17.2 Å². The van der Waals surface area contributed by atoms with Crippen LogP contribution in [0.2, 0.25) is 0 Å². The van der Waals surface area contributed by atoms with E-state index in [0.717, 1.165) is 24.1 Å². The summed E-state index contributed by atoms with van der Waals surface area (Å²) in [5, 5.41) is 0. The fourth-order valence-electron chi connectivity index (χ4n) is 2.81. The van der Waals surface area contributed by atoms with Crippen LogP contribution >= 0.6 is 0 Å². The third-order valence-electron chi connectivity index (χ3n) is 3.97. The van der Waals surface area contributed by atoms with Gasteiger partial charge in [-0.1, -0.05) is 6.08 Å². The minimum atomic E-state index is -0.489. The van der Waals surface area contributed by atoms with E-state index >= 15 is 0 Å². The molecular formula is C16H20N2O4. The monoisotopic (exact) mass is 304 g/mol. The first kappa shape index (κ1) is 15.0. The second-order valence-electron chi connectivity index (χ2n) is 5.40. The lowest BCUT2D eigenvalue weighted by Crippen LogP contribution is -2.31. The van der Waals surface area contributed by atoms with Crippen molar-refractivity contribution in [1.82, 2.24) is 4.98 Å². The molecule has 0 radical (unpaired) electrons. The van der Waals surface area contributed by atoms with Gasteiger partial charge in [-0.25, -0.2) is 9.78 Å². The highest BCUT2D eigenvalue weighted by molar-refractivity contribution is 5.93. The van der Waals surface area contributed by atoms with Gasteiger partial charge in [0.2, 0.25) is 0 Å². The molecule has 0 atom stereocenters. The Morgan fingerprint density at radius 1 is 1.41 bits per heavy atom. The van der Waals surface area contributed by atoms with E-state index in [-0.39, 0.29) is 5.69 Å². The molecule has 118 valence electrons. The topological polar surface area (TPSA) is 83.7 Å². The second kappa shape index (κ2) is 6.06. The zero-order chi connectivity index (χ0) is 15.6. The highest BCUT2D eigenvalue weighted by Crippen LogP contribution is 2.37. The Balaban J connectivity index is 1.82. The van der Waals surface area contributed by atoms with Gasteiger partial charge in [0.05, 0.1) is 31.2 Å². The van der Waals surface area contributed by atoms with E-state index in [1.807, 2.05) is 6.07 Å². The maximum atomic E-state index is 11.9. The van der Waals surface area contributed by atoms with Crippen molar-refractivity contribution in [1.29, 1.82) is 0 Å². The summed E-state index contributed by atoms with van der Waals surface area (Å²) >= 11 is 0. The summed E-state index contributed by atoms with van der Waals surface area (Å²) in [6, 6.07) is 3.53. The predicted octanol–water partition coefficient (Wildman–Crippen LogP) is 2.15. The van der Waals surface area contributed by atoms with Crippen LogP contribution in [0.4, 0.5) is 5.69 Å². The molecule has 3 rings (SSSR count). The van der Waals surface area contributed by atoms with Crippen LogP contribution in [0.25, 0.3) is 5.57 Å². The number of ether oxygens (including phenoxy) is 3. The summed E-state index contributed by atoms with van der Waals surface area (Å²) in [5.74, 6) is -0.946. The molecule has 2 aliphatic rings. The lowest BCUT2D eigenvalue weighted by atomic mass is 9.92. The van der Waals surface area contributed by atoms with Gasteiger partial charge >= 0.3 is 5.97 Å². The number of esters is 1. The molecule has 1 aliphatic heterocycles. The molecule has 0 bridgehead atoms. The number of hydrogen-bond donors (Lipinski definition) is 1. The van der Waals surface area contributed by atoms with E-state index in [9.17, 15) is 4.79 Å². The summed E-state index contributed by atoms with van der Waals surface area (Å²) in [6.45, 7) is 3.35. The molecular weight excluding hydrogens is 284 g/mol. The number of allylic oxidation sites excluding steroid dienone is 1. The molecule has 0 amide bonds. The Kier molecular flexibility index (Phi) is 4.13. The van der Waals surface area contributed by atoms with Gasteiger partial charge in [-0.3, -0.25) is 0 Å². The molecule has 1 aliphatic carbocycles. The first-order valence-corrected chi connectivity index (χ1v) is 7.54. The first-order valence-electron chi connectivity index (χ1n) is 7.54. The van der Waals surface area contributed by atoms with Crippen LogP contribution in [0.15, 0.2) is 18.2 Å². The number of rotatable bonds is 3. The first-order chi connectivity index (χ1) is 10.6. The Labute approximate surface area is 129 Å². The number of nitrogens with two attached hydrogens (primary N) is 1. The minimum Gasteiger partial charge on any atom is -0.461 e. The average molecular weight is 304 g/mol. The summed E-state index contributed by atoms with van der Waals surface area (Å²) in [5.41, 5.74) is 8.16. The van der Waals surface area contributed by atoms with Crippen LogP contribution in [0.3, 0.4) is 0 Å². The lowest BCUT2D eigenvalue weighted by molar-refractivity contribution is -0.159.